The summed E-state index contributed by atoms with van der Waals surface area (Å²) in [6, 6.07) is 7.59. The van der Waals surface area contributed by atoms with Crippen LogP contribution in [-0.2, 0) is 14.3 Å². The Hall–Kier alpha value is -1.88. The number of nitrogens with one attached hydrogen (secondary N) is 1. The predicted octanol–water partition coefficient (Wildman–Crippen LogP) is 1.75. The van der Waals surface area contributed by atoms with Gasteiger partial charge in [-0.2, -0.15) is 0 Å². The maximum Gasteiger partial charge on any atom is 0.231 e. The lowest BCUT2D eigenvalue weighted by Crippen LogP contribution is -2.52. The minimum absolute atomic E-state index is 0.0277. The van der Waals surface area contributed by atoms with Gasteiger partial charge in [0.15, 0.2) is 0 Å². The molecule has 5 heteroatoms. The molecular formula is C16H20N2O3. The topological polar surface area (TPSA) is 58.6 Å². The van der Waals surface area contributed by atoms with Crippen LogP contribution in [0.25, 0.3) is 0 Å². The van der Waals surface area contributed by atoms with E-state index >= 15 is 0 Å². The minimum atomic E-state index is -0.386. The number of hydrogen-bond acceptors (Lipinski definition) is 3. The molecule has 0 aromatic heterocycles. The zero-order chi connectivity index (χ0) is 15.0. The average Bonchev–Trinajstić information content (AvgIpc) is 2.48. The summed E-state index contributed by atoms with van der Waals surface area (Å²) in [5, 5.41) is 2.83. The van der Waals surface area contributed by atoms with Gasteiger partial charge in [-0.05, 0) is 25.5 Å². The van der Waals surface area contributed by atoms with Gasteiger partial charge in [-0.1, -0.05) is 18.2 Å². The summed E-state index contributed by atoms with van der Waals surface area (Å²) >= 11 is 0. The summed E-state index contributed by atoms with van der Waals surface area (Å²) in [7, 11) is 0. The quantitative estimate of drug-likeness (QED) is 0.856. The molecular weight excluding hydrogens is 268 g/mol. The molecule has 1 N–H and O–H groups in total. The van der Waals surface area contributed by atoms with Crippen LogP contribution in [-0.4, -0.2) is 42.0 Å². The van der Waals surface area contributed by atoms with Crippen LogP contribution in [0.2, 0.25) is 0 Å². The molecule has 3 rings (SSSR count). The van der Waals surface area contributed by atoms with Crippen molar-refractivity contribution in [2.75, 3.05) is 18.5 Å². The second-order valence-electron chi connectivity index (χ2n) is 5.88. The smallest absolute Gasteiger partial charge is 0.231 e. The number of hydrogen-bond donors (Lipinski definition) is 1. The van der Waals surface area contributed by atoms with Crippen molar-refractivity contribution in [1.82, 2.24) is 4.90 Å². The molecule has 2 amide bonds. The molecule has 21 heavy (non-hydrogen) atoms. The Kier molecular flexibility index (Phi) is 3.68. The van der Waals surface area contributed by atoms with E-state index in [1.54, 1.807) is 0 Å². The van der Waals surface area contributed by atoms with Crippen LogP contribution in [0.1, 0.15) is 31.7 Å². The van der Waals surface area contributed by atoms with Crippen LogP contribution in [0.15, 0.2) is 24.3 Å². The van der Waals surface area contributed by atoms with E-state index in [2.05, 4.69) is 5.32 Å². The highest BCUT2D eigenvalue weighted by Crippen LogP contribution is 2.34. The number of anilines is 1. The number of carbonyl (C=O) groups excluding carboxylic acids is 2. The van der Waals surface area contributed by atoms with Crippen molar-refractivity contribution in [1.29, 1.82) is 0 Å². The van der Waals surface area contributed by atoms with Gasteiger partial charge in [0.05, 0.1) is 24.7 Å². The van der Waals surface area contributed by atoms with Gasteiger partial charge in [0.1, 0.15) is 0 Å². The lowest BCUT2D eigenvalue weighted by molar-refractivity contribution is -0.146. The van der Waals surface area contributed by atoms with Crippen molar-refractivity contribution in [3.8, 4) is 0 Å². The van der Waals surface area contributed by atoms with Crippen LogP contribution in [0.3, 0.4) is 0 Å². The summed E-state index contributed by atoms with van der Waals surface area (Å²) in [6.45, 7) is 5.08. The molecule has 1 saturated heterocycles. The highest BCUT2D eigenvalue weighted by Gasteiger charge is 2.36. The van der Waals surface area contributed by atoms with Crippen molar-refractivity contribution in [2.24, 2.45) is 0 Å². The Morgan fingerprint density at radius 1 is 1.33 bits per heavy atom. The summed E-state index contributed by atoms with van der Waals surface area (Å²) in [5.74, 6) is -0.455. The third kappa shape index (κ3) is 2.65. The molecule has 0 bridgehead atoms. The lowest BCUT2D eigenvalue weighted by Gasteiger charge is -2.39. The number of amides is 2. The van der Waals surface area contributed by atoms with E-state index in [0.29, 0.717) is 13.2 Å². The highest BCUT2D eigenvalue weighted by molar-refractivity contribution is 6.01. The Labute approximate surface area is 124 Å². The molecule has 0 radical (unpaired) electrons. The molecule has 2 aliphatic rings. The number of benzene rings is 1. The SMILES string of the molecule is CC1CN(C(=O)C2CC(=O)Nc3ccccc32)C(C)CO1. The van der Waals surface area contributed by atoms with Crippen LogP contribution < -0.4 is 5.32 Å². The second kappa shape index (κ2) is 5.48. The largest absolute Gasteiger partial charge is 0.375 e. The third-order valence-electron chi connectivity index (χ3n) is 4.19. The number of rotatable bonds is 1. The fourth-order valence-electron chi connectivity index (χ4n) is 3.04. The van der Waals surface area contributed by atoms with Crippen LogP contribution in [0.4, 0.5) is 5.69 Å². The molecule has 1 aromatic carbocycles. The molecule has 3 unspecified atom stereocenters. The van der Waals surface area contributed by atoms with Crippen molar-refractivity contribution in [3.05, 3.63) is 29.8 Å². The van der Waals surface area contributed by atoms with Gasteiger partial charge in [-0.25, -0.2) is 0 Å². The number of ether oxygens (including phenoxy) is 1. The monoisotopic (exact) mass is 288 g/mol. The van der Waals surface area contributed by atoms with Crippen molar-refractivity contribution >= 4 is 17.5 Å². The molecule has 1 aromatic rings. The van der Waals surface area contributed by atoms with Crippen LogP contribution in [0.5, 0.6) is 0 Å². The summed E-state index contributed by atoms with van der Waals surface area (Å²) < 4.78 is 5.58. The first-order valence-electron chi connectivity index (χ1n) is 7.37. The Balaban J connectivity index is 1.89. The predicted molar refractivity (Wildman–Crippen MR) is 79.0 cm³/mol. The number of morpholine rings is 1. The third-order valence-corrected chi connectivity index (χ3v) is 4.19. The molecule has 112 valence electrons. The minimum Gasteiger partial charge on any atom is -0.375 e. The zero-order valence-corrected chi connectivity index (χ0v) is 12.3. The van der Waals surface area contributed by atoms with E-state index in [0.717, 1.165) is 11.3 Å². The Morgan fingerprint density at radius 2 is 2.10 bits per heavy atom. The number of para-hydroxylation sites is 1. The van der Waals surface area contributed by atoms with E-state index in [9.17, 15) is 9.59 Å². The number of carbonyl (C=O) groups is 2. The van der Waals surface area contributed by atoms with Crippen molar-refractivity contribution < 1.29 is 14.3 Å². The molecule has 0 aliphatic carbocycles. The van der Waals surface area contributed by atoms with Gasteiger partial charge < -0.3 is 15.0 Å². The molecule has 5 nitrogen and oxygen atoms in total. The van der Waals surface area contributed by atoms with Gasteiger partial charge in [0, 0.05) is 18.7 Å². The second-order valence-corrected chi connectivity index (χ2v) is 5.88. The molecule has 0 spiro atoms. The summed E-state index contributed by atoms with van der Waals surface area (Å²) in [6.07, 6.45) is 0.256. The number of nitrogens with zero attached hydrogens (tertiary/aromatic N) is 1. The first kappa shape index (κ1) is 14.1. The maximum absolute atomic E-state index is 12.9. The van der Waals surface area contributed by atoms with Gasteiger partial charge in [-0.3, -0.25) is 9.59 Å². The van der Waals surface area contributed by atoms with Crippen molar-refractivity contribution in [3.63, 3.8) is 0 Å². The van der Waals surface area contributed by atoms with Gasteiger partial charge in [0.25, 0.3) is 0 Å². The maximum atomic E-state index is 12.9. The van der Waals surface area contributed by atoms with E-state index < -0.39 is 0 Å². The fourth-order valence-corrected chi connectivity index (χ4v) is 3.04. The summed E-state index contributed by atoms with van der Waals surface area (Å²) in [5.41, 5.74) is 1.66. The normalized spacial score (nSPS) is 28.8. The number of fused-ring (bicyclic) bond motifs is 1. The standard InChI is InChI=1S/C16H20N2O3/c1-10-9-21-11(2)8-18(10)16(20)13-7-15(19)17-14-6-4-3-5-12(13)14/h3-6,10-11,13H,7-9H2,1-2H3,(H,17,19). The molecule has 2 aliphatic heterocycles. The summed E-state index contributed by atoms with van der Waals surface area (Å²) in [4.78, 5) is 26.6. The van der Waals surface area contributed by atoms with Gasteiger partial charge >= 0.3 is 0 Å². The molecule has 2 heterocycles. The van der Waals surface area contributed by atoms with E-state index in [4.69, 9.17) is 4.74 Å². The highest BCUT2D eigenvalue weighted by atomic mass is 16.5. The molecule has 0 saturated carbocycles. The Bertz CT molecular complexity index is 572. The van der Waals surface area contributed by atoms with Gasteiger partial charge in [-0.15, -0.1) is 0 Å². The van der Waals surface area contributed by atoms with Crippen LogP contribution >= 0.6 is 0 Å². The van der Waals surface area contributed by atoms with E-state index in [1.165, 1.54) is 0 Å². The first-order chi connectivity index (χ1) is 10.1. The first-order valence-corrected chi connectivity index (χ1v) is 7.37. The average molecular weight is 288 g/mol. The fraction of sp³-hybridized carbons (Fsp3) is 0.500. The zero-order valence-electron chi connectivity index (χ0n) is 12.3. The lowest BCUT2D eigenvalue weighted by atomic mass is 9.88. The molecule has 1 fully saturated rings. The van der Waals surface area contributed by atoms with Crippen molar-refractivity contribution in [2.45, 2.75) is 38.3 Å². The van der Waals surface area contributed by atoms with E-state index in [-0.39, 0.29) is 36.3 Å². The Morgan fingerprint density at radius 3 is 2.90 bits per heavy atom. The molecule has 3 atom stereocenters. The van der Waals surface area contributed by atoms with Crippen LogP contribution in [0, 0.1) is 0 Å². The van der Waals surface area contributed by atoms with Gasteiger partial charge in [0.2, 0.25) is 11.8 Å². The van der Waals surface area contributed by atoms with E-state index in [1.807, 2.05) is 43.0 Å².